The van der Waals surface area contributed by atoms with Crippen LogP contribution < -0.4 is 0 Å². The molecule has 11 heavy (non-hydrogen) atoms. The molecule has 1 heteroatoms. The van der Waals surface area contributed by atoms with Gasteiger partial charge in [-0.1, -0.05) is 25.5 Å². The average molecular weight is 154 g/mol. The summed E-state index contributed by atoms with van der Waals surface area (Å²) in [7, 11) is 0. The van der Waals surface area contributed by atoms with Crippen LogP contribution in [0.4, 0.5) is 0 Å². The largest absolute Gasteiger partial charge is 0.381 e. The van der Waals surface area contributed by atoms with Gasteiger partial charge in [-0.15, -0.1) is 0 Å². The van der Waals surface area contributed by atoms with E-state index in [1.165, 1.54) is 6.42 Å². The van der Waals surface area contributed by atoms with Crippen molar-refractivity contribution in [1.29, 1.82) is 0 Å². The number of rotatable bonds is 2. The summed E-state index contributed by atoms with van der Waals surface area (Å²) in [6, 6.07) is 0. The van der Waals surface area contributed by atoms with Crippen molar-refractivity contribution in [1.82, 2.24) is 0 Å². The van der Waals surface area contributed by atoms with E-state index >= 15 is 0 Å². The lowest BCUT2D eigenvalue weighted by Crippen LogP contribution is -1.95. The molecule has 1 aliphatic rings. The zero-order valence-corrected chi connectivity index (χ0v) is 7.60. The smallest absolute Gasteiger partial charge is 0.0503 e. The van der Waals surface area contributed by atoms with Gasteiger partial charge in [0.1, 0.15) is 0 Å². The molecule has 0 radical (unpaired) electrons. The van der Waals surface area contributed by atoms with E-state index in [2.05, 4.69) is 19.9 Å². The number of hydrogen-bond donors (Lipinski definition) is 0. The maximum atomic E-state index is 5.35. The van der Waals surface area contributed by atoms with E-state index in [1.807, 2.05) is 0 Å². The van der Waals surface area contributed by atoms with E-state index in [9.17, 15) is 0 Å². The summed E-state index contributed by atoms with van der Waals surface area (Å²) in [6.45, 7) is 6.39. The first-order chi connectivity index (χ1) is 5.29. The first-order valence-corrected chi connectivity index (χ1v) is 4.54. The van der Waals surface area contributed by atoms with Gasteiger partial charge in [0.2, 0.25) is 0 Å². The Morgan fingerprint density at radius 2 is 2.27 bits per heavy atom. The molecule has 0 atom stereocenters. The van der Waals surface area contributed by atoms with Crippen LogP contribution in [-0.4, -0.2) is 13.2 Å². The minimum Gasteiger partial charge on any atom is -0.381 e. The zero-order chi connectivity index (χ0) is 8.10. The predicted molar refractivity (Wildman–Crippen MR) is 47.6 cm³/mol. The Morgan fingerprint density at radius 3 is 3.00 bits per heavy atom. The molecule has 0 aromatic heterocycles. The van der Waals surface area contributed by atoms with Crippen LogP contribution in [0.3, 0.4) is 0 Å². The van der Waals surface area contributed by atoms with Gasteiger partial charge in [-0.3, -0.25) is 0 Å². The average Bonchev–Trinajstić information content (AvgIpc) is 2.14. The molecule has 0 spiro atoms. The molecule has 0 amide bonds. The highest BCUT2D eigenvalue weighted by atomic mass is 16.5. The molecule has 0 saturated carbocycles. The lowest BCUT2D eigenvalue weighted by molar-refractivity contribution is 0.146. The van der Waals surface area contributed by atoms with Gasteiger partial charge in [0, 0.05) is 0 Å². The molecule has 1 rings (SSSR count). The van der Waals surface area contributed by atoms with Crippen molar-refractivity contribution in [3.8, 4) is 0 Å². The molecule has 0 aromatic carbocycles. The molecule has 0 N–H and O–H groups in total. The predicted octanol–water partition coefficient (Wildman–Crippen LogP) is 2.77. The molecular formula is C10H18O. The molecule has 64 valence electrons. The summed E-state index contributed by atoms with van der Waals surface area (Å²) in [5, 5.41) is 0. The summed E-state index contributed by atoms with van der Waals surface area (Å²) in [5.41, 5.74) is 1.59. The van der Waals surface area contributed by atoms with Crippen LogP contribution >= 0.6 is 0 Å². The molecule has 0 unspecified atom stereocenters. The Morgan fingerprint density at radius 1 is 1.45 bits per heavy atom. The van der Waals surface area contributed by atoms with Crippen LogP contribution in [-0.2, 0) is 4.74 Å². The Balaban J connectivity index is 2.34. The van der Waals surface area contributed by atoms with E-state index in [0.29, 0.717) is 0 Å². The van der Waals surface area contributed by atoms with Gasteiger partial charge in [0.05, 0.1) is 13.2 Å². The van der Waals surface area contributed by atoms with Gasteiger partial charge in [-0.25, -0.2) is 0 Å². The summed E-state index contributed by atoms with van der Waals surface area (Å²) in [4.78, 5) is 0. The minimum absolute atomic E-state index is 0.791. The van der Waals surface area contributed by atoms with Gasteiger partial charge in [-0.05, 0) is 25.2 Å². The van der Waals surface area contributed by atoms with Gasteiger partial charge in [-0.2, -0.15) is 0 Å². The third kappa shape index (κ3) is 3.57. The van der Waals surface area contributed by atoms with Crippen molar-refractivity contribution in [2.75, 3.05) is 13.2 Å². The Bertz CT molecular complexity index is 136. The fourth-order valence-corrected chi connectivity index (χ4v) is 1.46. The summed E-state index contributed by atoms with van der Waals surface area (Å²) >= 11 is 0. The second kappa shape index (κ2) is 4.55. The number of ether oxygens (including phenoxy) is 1. The van der Waals surface area contributed by atoms with Gasteiger partial charge in [0.25, 0.3) is 0 Å². The Kier molecular flexibility index (Phi) is 3.64. The monoisotopic (exact) mass is 154 g/mol. The van der Waals surface area contributed by atoms with Crippen LogP contribution in [0.5, 0.6) is 0 Å². The van der Waals surface area contributed by atoms with E-state index in [-0.39, 0.29) is 0 Å². The molecule has 0 aliphatic carbocycles. The highest BCUT2D eigenvalue weighted by molar-refractivity contribution is 5.03. The van der Waals surface area contributed by atoms with Gasteiger partial charge in [0.15, 0.2) is 0 Å². The highest BCUT2D eigenvalue weighted by Crippen LogP contribution is 2.17. The number of hydrogen-bond acceptors (Lipinski definition) is 1. The lowest BCUT2D eigenvalue weighted by Gasteiger charge is -2.07. The van der Waals surface area contributed by atoms with Crippen molar-refractivity contribution in [3.05, 3.63) is 11.6 Å². The maximum absolute atomic E-state index is 5.35. The topological polar surface area (TPSA) is 9.23 Å². The van der Waals surface area contributed by atoms with E-state index in [4.69, 9.17) is 4.74 Å². The van der Waals surface area contributed by atoms with Gasteiger partial charge >= 0.3 is 0 Å². The fourth-order valence-electron chi connectivity index (χ4n) is 1.46. The fraction of sp³-hybridized carbons (Fsp3) is 0.800. The van der Waals surface area contributed by atoms with Crippen molar-refractivity contribution in [3.63, 3.8) is 0 Å². The molecule has 0 saturated heterocycles. The molecule has 1 heterocycles. The van der Waals surface area contributed by atoms with E-state index < -0.39 is 0 Å². The quantitative estimate of drug-likeness (QED) is 0.556. The second-order valence-electron chi connectivity index (χ2n) is 3.61. The molecule has 0 fully saturated rings. The normalized spacial score (nSPS) is 19.7. The standard InChI is InChI=1S/C10H18O/c1-9(2)8-10-4-3-6-11-7-5-10/h4,9H,3,5-8H2,1-2H3. The third-order valence-corrected chi connectivity index (χ3v) is 1.93. The first kappa shape index (κ1) is 8.79. The summed E-state index contributed by atoms with van der Waals surface area (Å²) < 4.78 is 5.35. The SMILES string of the molecule is CC(C)CC1=CCCOCC1. The highest BCUT2D eigenvalue weighted by Gasteiger charge is 2.04. The van der Waals surface area contributed by atoms with Crippen LogP contribution in [0.1, 0.15) is 33.1 Å². The Hall–Kier alpha value is -0.300. The molecule has 1 aliphatic heterocycles. The van der Waals surface area contributed by atoms with Crippen molar-refractivity contribution in [2.24, 2.45) is 5.92 Å². The first-order valence-electron chi connectivity index (χ1n) is 4.54. The molecule has 0 bridgehead atoms. The van der Waals surface area contributed by atoms with Crippen LogP contribution in [0.15, 0.2) is 11.6 Å². The zero-order valence-electron chi connectivity index (χ0n) is 7.60. The van der Waals surface area contributed by atoms with Crippen LogP contribution in [0.25, 0.3) is 0 Å². The third-order valence-electron chi connectivity index (χ3n) is 1.93. The minimum atomic E-state index is 0.791. The second-order valence-corrected chi connectivity index (χ2v) is 3.61. The van der Waals surface area contributed by atoms with Crippen LogP contribution in [0.2, 0.25) is 0 Å². The molecular weight excluding hydrogens is 136 g/mol. The summed E-state index contributed by atoms with van der Waals surface area (Å²) in [5.74, 6) is 0.791. The van der Waals surface area contributed by atoms with Crippen molar-refractivity contribution < 1.29 is 4.74 Å². The Labute approximate surface area is 69.4 Å². The van der Waals surface area contributed by atoms with Crippen molar-refractivity contribution >= 4 is 0 Å². The summed E-state index contributed by atoms with van der Waals surface area (Å²) in [6.07, 6.45) is 5.87. The van der Waals surface area contributed by atoms with Crippen molar-refractivity contribution in [2.45, 2.75) is 33.1 Å². The molecule has 1 nitrogen and oxygen atoms in total. The van der Waals surface area contributed by atoms with Crippen LogP contribution in [0, 0.1) is 5.92 Å². The molecule has 0 aromatic rings. The van der Waals surface area contributed by atoms with E-state index in [1.54, 1.807) is 5.57 Å². The lowest BCUT2D eigenvalue weighted by atomic mass is 10.0. The van der Waals surface area contributed by atoms with E-state index in [0.717, 1.165) is 32.0 Å². The van der Waals surface area contributed by atoms with Gasteiger partial charge < -0.3 is 4.74 Å². The maximum Gasteiger partial charge on any atom is 0.0503 e.